The maximum Gasteiger partial charge on any atom is 0.231 e. The van der Waals surface area contributed by atoms with Gasteiger partial charge in [-0.15, -0.1) is 0 Å². The highest BCUT2D eigenvalue weighted by atomic mass is 16.7. The summed E-state index contributed by atoms with van der Waals surface area (Å²) in [7, 11) is 0. The summed E-state index contributed by atoms with van der Waals surface area (Å²) in [6.07, 6.45) is 1.78. The van der Waals surface area contributed by atoms with E-state index in [0.717, 1.165) is 17.1 Å². The highest BCUT2D eigenvalue weighted by molar-refractivity contribution is 5.77. The number of β-amino-alcohol motifs (C(OH)–C–C–N with tert-alkyl or cyclic N) is 1. The van der Waals surface area contributed by atoms with Gasteiger partial charge in [0.25, 0.3) is 0 Å². The third-order valence-corrected chi connectivity index (χ3v) is 3.87. The van der Waals surface area contributed by atoms with Crippen LogP contribution in [-0.2, 0) is 11.2 Å². The predicted molar refractivity (Wildman–Crippen MR) is 72.7 cm³/mol. The Morgan fingerprint density at radius 3 is 2.95 bits per heavy atom. The molecule has 0 aromatic heterocycles. The summed E-state index contributed by atoms with van der Waals surface area (Å²) in [6, 6.07) is 5.76. The fourth-order valence-corrected chi connectivity index (χ4v) is 2.66. The maximum atomic E-state index is 12.1. The Morgan fingerprint density at radius 2 is 2.20 bits per heavy atom. The number of rotatable bonds is 3. The Balaban J connectivity index is 1.56. The van der Waals surface area contributed by atoms with E-state index in [4.69, 9.17) is 9.47 Å². The van der Waals surface area contributed by atoms with Gasteiger partial charge in [-0.3, -0.25) is 4.79 Å². The molecule has 5 heteroatoms. The zero-order valence-corrected chi connectivity index (χ0v) is 11.6. The molecule has 0 aliphatic carbocycles. The lowest BCUT2D eigenvalue weighted by Gasteiger charge is -2.19. The minimum atomic E-state index is -0.728. The van der Waals surface area contributed by atoms with E-state index in [-0.39, 0.29) is 12.7 Å². The first-order chi connectivity index (χ1) is 9.53. The van der Waals surface area contributed by atoms with Crippen molar-refractivity contribution < 1.29 is 19.4 Å². The Kier molecular flexibility index (Phi) is 3.30. The number of aryl methyl sites for hydroxylation is 1. The Bertz CT molecular complexity index is 527. The third-order valence-electron chi connectivity index (χ3n) is 3.87. The molecule has 2 heterocycles. The lowest BCUT2D eigenvalue weighted by atomic mass is 10.1. The molecule has 3 rings (SSSR count). The minimum Gasteiger partial charge on any atom is -0.454 e. The second-order valence-electron chi connectivity index (χ2n) is 5.75. The fraction of sp³-hybridized carbons (Fsp3) is 0.533. The molecule has 0 radical (unpaired) electrons. The van der Waals surface area contributed by atoms with Crippen LogP contribution in [0.2, 0.25) is 0 Å². The molecule has 1 aromatic carbocycles. The molecule has 1 saturated heterocycles. The first kappa shape index (κ1) is 13.2. The van der Waals surface area contributed by atoms with Crippen molar-refractivity contribution >= 4 is 5.91 Å². The quantitative estimate of drug-likeness (QED) is 0.905. The van der Waals surface area contributed by atoms with Crippen molar-refractivity contribution in [2.45, 2.75) is 31.8 Å². The van der Waals surface area contributed by atoms with Crippen molar-refractivity contribution in [3.63, 3.8) is 0 Å². The van der Waals surface area contributed by atoms with Gasteiger partial charge >= 0.3 is 0 Å². The van der Waals surface area contributed by atoms with Gasteiger partial charge in [-0.05, 0) is 37.5 Å². The van der Waals surface area contributed by atoms with Crippen molar-refractivity contribution in [1.29, 1.82) is 0 Å². The van der Waals surface area contributed by atoms with Gasteiger partial charge in [0.15, 0.2) is 11.5 Å². The molecule has 1 fully saturated rings. The summed E-state index contributed by atoms with van der Waals surface area (Å²) in [5, 5.41) is 9.88. The van der Waals surface area contributed by atoms with Crippen LogP contribution in [0.3, 0.4) is 0 Å². The highest BCUT2D eigenvalue weighted by Gasteiger charge is 2.33. The number of likely N-dealkylation sites (tertiary alicyclic amines) is 1. The number of hydrogen-bond acceptors (Lipinski definition) is 4. The molecular weight excluding hydrogens is 258 g/mol. The molecule has 1 atom stereocenters. The average Bonchev–Trinajstić information content (AvgIpc) is 3.01. The molecule has 5 nitrogen and oxygen atoms in total. The number of benzene rings is 1. The first-order valence-corrected chi connectivity index (χ1v) is 6.92. The zero-order valence-electron chi connectivity index (χ0n) is 11.6. The summed E-state index contributed by atoms with van der Waals surface area (Å²) in [5.74, 6) is 1.61. The van der Waals surface area contributed by atoms with Gasteiger partial charge in [-0.1, -0.05) is 6.07 Å². The largest absolute Gasteiger partial charge is 0.454 e. The van der Waals surface area contributed by atoms with E-state index in [9.17, 15) is 9.90 Å². The summed E-state index contributed by atoms with van der Waals surface area (Å²) < 4.78 is 10.6. The molecule has 1 unspecified atom stereocenters. The van der Waals surface area contributed by atoms with E-state index in [1.165, 1.54) is 0 Å². The number of nitrogens with zero attached hydrogens (tertiary/aromatic N) is 1. The Hall–Kier alpha value is -1.75. The SMILES string of the molecule is CC1(O)CCN(C(=O)CCc2ccc3c(c2)OCO3)C1. The number of carbonyl (C=O) groups excluding carboxylic acids is 1. The van der Waals surface area contributed by atoms with Crippen molar-refractivity contribution in [2.75, 3.05) is 19.9 Å². The van der Waals surface area contributed by atoms with Gasteiger partial charge in [0.2, 0.25) is 12.7 Å². The Labute approximate surface area is 118 Å². The lowest BCUT2D eigenvalue weighted by Crippen LogP contribution is -2.33. The van der Waals surface area contributed by atoms with Gasteiger partial charge in [-0.2, -0.15) is 0 Å². The minimum absolute atomic E-state index is 0.0976. The third kappa shape index (κ3) is 2.72. The van der Waals surface area contributed by atoms with Gasteiger partial charge in [0, 0.05) is 19.5 Å². The second kappa shape index (κ2) is 4.98. The first-order valence-electron chi connectivity index (χ1n) is 6.92. The second-order valence-corrected chi connectivity index (χ2v) is 5.75. The van der Waals surface area contributed by atoms with Gasteiger partial charge in [0.05, 0.1) is 5.60 Å². The van der Waals surface area contributed by atoms with E-state index in [1.807, 2.05) is 18.2 Å². The zero-order chi connectivity index (χ0) is 14.2. The van der Waals surface area contributed by atoms with Crippen molar-refractivity contribution in [3.05, 3.63) is 23.8 Å². The smallest absolute Gasteiger partial charge is 0.231 e. The van der Waals surface area contributed by atoms with Crippen LogP contribution < -0.4 is 9.47 Å². The number of carbonyl (C=O) groups is 1. The molecule has 2 aliphatic heterocycles. The van der Waals surface area contributed by atoms with Crippen molar-refractivity contribution in [1.82, 2.24) is 4.90 Å². The number of ether oxygens (including phenoxy) is 2. The predicted octanol–water partition coefficient (Wildman–Crippen LogP) is 1.33. The molecule has 0 spiro atoms. The highest BCUT2D eigenvalue weighted by Crippen LogP contribution is 2.32. The van der Waals surface area contributed by atoms with Crippen molar-refractivity contribution in [3.8, 4) is 11.5 Å². The van der Waals surface area contributed by atoms with Gasteiger partial charge in [0.1, 0.15) is 0 Å². The van der Waals surface area contributed by atoms with E-state index < -0.39 is 5.60 Å². The molecular formula is C15H19NO4. The van der Waals surface area contributed by atoms with Crippen LogP contribution in [0.15, 0.2) is 18.2 Å². The number of hydrogen-bond donors (Lipinski definition) is 1. The molecule has 1 aromatic rings. The molecule has 0 bridgehead atoms. The summed E-state index contributed by atoms with van der Waals surface area (Å²) >= 11 is 0. The van der Waals surface area contributed by atoms with Crippen LogP contribution in [0.5, 0.6) is 11.5 Å². The number of aliphatic hydroxyl groups is 1. The molecule has 108 valence electrons. The summed E-state index contributed by atoms with van der Waals surface area (Å²) in [5.41, 5.74) is 0.336. The van der Waals surface area contributed by atoms with Crippen LogP contribution in [0.1, 0.15) is 25.3 Å². The van der Waals surface area contributed by atoms with E-state index >= 15 is 0 Å². The van der Waals surface area contributed by atoms with Gasteiger partial charge < -0.3 is 19.5 Å². The number of fused-ring (bicyclic) bond motifs is 1. The Morgan fingerprint density at radius 1 is 1.40 bits per heavy atom. The molecule has 1 N–H and O–H groups in total. The van der Waals surface area contributed by atoms with Crippen LogP contribution in [0, 0.1) is 0 Å². The van der Waals surface area contributed by atoms with Crippen LogP contribution in [0.25, 0.3) is 0 Å². The monoisotopic (exact) mass is 277 g/mol. The molecule has 1 amide bonds. The number of amides is 1. The van der Waals surface area contributed by atoms with Crippen LogP contribution in [-0.4, -0.2) is 41.4 Å². The van der Waals surface area contributed by atoms with Crippen LogP contribution >= 0.6 is 0 Å². The summed E-state index contributed by atoms with van der Waals surface area (Å²) in [4.78, 5) is 13.8. The fourth-order valence-electron chi connectivity index (χ4n) is 2.66. The average molecular weight is 277 g/mol. The summed E-state index contributed by atoms with van der Waals surface area (Å²) in [6.45, 7) is 3.12. The molecule has 0 saturated carbocycles. The standard InChI is InChI=1S/C15H19NO4/c1-15(18)6-7-16(9-15)14(17)5-3-11-2-4-12-13(8-11)20-10-19-12/h2,4,8,18H,3,5-7,9-10H2,1H3. The molecule has 20 heavy (non-hydrogen) atoms. The lowest BCUT2D eigenvalue weighted by molar-refractivity contribution is -0.131. The van der Waals surface area contributed by atoms with Crippen LogP contribution in [0.4, 0.5) is 0 Å². The topological polar surface area (TPSA) is 59.0 Å². The van der Waals surface area contributed by atoms with Gasteiger partial charge in [-0.25, -0.2) is 0 Å². The van der Waals surface area contributed by atoms with E-state index in [2.05, 4.69) is 0 Å². The van der Waals surface area contributed by atoms with E-state index in [1.54, 1.807) is 11.8 Å². The van der Waals surface area contributed by atoms with E-state index in [0.29, 0.717) is 32.4 Å². The normalized spacial score (nSPS) is 24.2. The maximum absolute atomic E-state index is 12.1. The molecule has 2 aliphatic rings. The van der Waals surface area contributed by atoms with Crippen molar-refractivity contribution in [2.24, 2.45) is 0 Å².